The van der Waals surface area contributed by atoms with Crippen LogP contribution in [0, 0.1) is 5.82 Å². The van der Waals surface area contributed by atoms with Crippen LogP contribution in [0.5, 0.6) is 5.75 Å². The highest BCUT2D eigenvalue weighted by Crippen LogP contribution is 2.35. The molecule has 0 fully saturated rings. The number of aromatic amines is 1. The summed E-state index contributed by atoms with van der Waals surface area (Å²) in [5.74, 6) is 0.0661. The van der Waals surface area contributed by atoms with E-state index >= 15 is 0 Å². The van der Waals surface area contributed by atoms with Crippen molar-refractivity contribution < 1.29 is 9.13 Å². The molecule has 0 aliphatic carbocycles. The zero-order chi connectivity index (χ0) is 19.0. The number of fused-ring (bicyclic) bond motifs is 1. The SMILES string of the molecule is CNCc1cc(F)c(-c2cc3c(-c4cnn(C)c4)n[nH]c3cn2)c(OC)c1. The summed E-state index contributed by atoms with van der Waals surface area (Å²) in [6, 6.07) is 5.13. The van der Waals surface area contributed by atoms with Crippen molar-refractivity contribution in [2.24, 2.45) is 7.05 Å². The third-order valence-corrected chi connectivity index (χ3v) is 4.40. The minimum Gasteiger partial charge on any atom is -0.496 e. The normalized spacial score (nSPS) is 11.3. The molecule has 0 unspecified atom stereocenters. The molecule has 0 atom stereocenters. The van der Waals surface area contributed by atoms with Gasteiger partial charge >= 0.3 is 0 Å². The molecule has 0 bridgehead atoms. The van der Waals surface area contributed by atoms with Gasteiger partial charge in [-0.1, -0.05) is 0 Å². The predicted octanol–water partition coefficient (Wildman–Crippen LogP) is 2.89. The van der Waals surface area contributed by atoms with Crippen LogP contribution in [0.25, 0.3) is 33.4 Å². The van der Waals surface area contributed by atoms with E-state index in [1.807, 2.05) is 32.4 Å². The average Bonchev–Trinajstić information content (AvgIpc) is 3.26. The van der Waals surface area contributed by atoms with Crippen LogP contribution in [-0.4, -0.2) is 39.1 Å². The number of nitrogens with zero attached hydrogens (tertiary/aromatic N) is 4. The molecule has 27 heavy (non-hydrogen) atoms. The number of hydrogen-bond acceptors (Lipinski definition) is 5. The van der Waals surface area contributed by atoms with Crippen LogP contribution >= 0.6 is 0 Å². The maximum atomic E-state index is 14.9. The number of ether oxygens (including phenoxy) is 1. The summed E-state index contributed by atoms with van der Waals surface area (Å²) in [4.78, 5) is 4.41. The van der Waals surface area contributed by atoms with Crippen LogP contribution in [-0.2, 0) is 13.6 Å². The first-order chi connectivity index (χ1) is 13.1. The third kappa shape index (κ3) is 3.04. The van der Waals surface area contributed by atoms with Gasteiger partial charge in [0.15, 0.2) is 0 Å². The number of H-pyrrole nitrogens is 1. The van der Waals surface area contributed by atoms with E-state index in [1.54, 1.807) is 17.1 Å². The first kappa shape index (κ1) is 17.2. The minimum atomic E-state index is -0.377. The molecular formula is C19H19FN6O. The zero-order valence-electron chi connectivity index (χ0n) is 15.2. The van der Waals surface area contributed by atoms with E-state index in [-0.39, 0.29) is 5.82 Å². The average molecular weight is 366 g/mol. The zero-order valence-corrected chi connectivity index (χ0v) is 15.2. The largest absolute Gasteiger partial charge is 0.496 e. The number of rotatable bonds is 5. The van der Waals surface area contributed by atoms with Gasteiger partial charge in [-0.15, -0.1) is 0 Å². The Morgan fingerprint density at radius 1 is 1.26 bits per heavy atom. The van der Waals surface area contributed by atoms with Gasteiger partial charge in [0, 0.05) is 30.7 Å². The van der Waals surface area contributed by atoms with Crippen LogP contribution < -0.4 is 10.1 Å². The van der Waals surface area contributed by atoms with E-state index in [4.69, 9.17) is 4.74 Å². The summed E-state index contributed by atoms with van der Waals surface area (Å²) in [6.07, 6.45) is 5.27. The van der Waals surface area contributed by atoms with E-state index in [2.05, 4.69) is 25.6 Å². The molecule has 3 heterocycles. The molecule has 3 aromatic heterocycles. The Kier molecular flexibility index (Phi) is 4.33. The third-order valence-electron chi connectivity index (χ3n) is 4.40. The second kappa shape index (κ2) is 6.81. The Balaban J connectivity index is 1.87. The fraction of sp³-hybridized carbons (Fsp3) is 0.211. The predicted molar refractivity (Wildman–Crippen MR) is 101 cm³/mol. The van der Waals surface area contributed by atoms with Gasteiger partial charge in [0.2, 0.25) is 0 Å². The number of nitrogens with one attached hydrogen (secondary N) is 2. The molecular weight excluding hydrogens is 347 g/mol. The molecule has 0 spiro atoms. The number of pyridine rings is 1. The van der Waals surface area contributed by atoms with Crippen LogP contribution in [0.15, 0.2) is 36.8 Å². The highest BCUT2D eigenvalue weighted by molar-refractivity contribution is 5.94. The van der Waals surface area contributed by atoms with E-state index in [0.717, 1.165) is 27.7 Å². The second-order valence-electron chi connectivity index (χ2n) is 6.28. The van der Waals surface area contributed by atoms with Gasteiger partial charge in [-0.2, -0.15) is 10.2 Å². The molecule has 2 N–H and O–H groups in total. The maximum Gasteiger partial charge on any atom is 0.136 e. The number of aromatic nitrogens is 5. The number of halogens is 1. The van der Waals surface area contributed by atoms with Crippen molar-refractivity contribution in [2.45, 2.75) is 6.54 Å². The van der Waals surface area contributed by atoms with Gasteiger partial charge in [-0.3, -0.25) is 14.8 Å². The highest BCUT2D eigenvalue weighted by atomic mass is 19.1. The van der Waals surface area contributed by atoms with Crippen molar-refractivity contribution in [3.63, 3.8) is 0 Å². The van der Waals surface area contributed by atoms with Gasteiger partial charge in [-0.05, 0) is 30.8 Å². The smallest absolute Gasteiger partial charge is 0.136 e. The monoisotopic (exact) mass is 366 g/mol. The summed E-state index contributed by atoms with van der Waals surface area (Å²) in [7, 11) is 5.18. The molecule has 8 heteroatoms. The van der Waals surface area contributed by atoms with Crippen LogP contribution in [0.1, 0.15) is 5.56 Å². The van der Waals surface area contributed by atoms with Crippen LogP contribution in [0.3, 0.4) is 0 Å². The topological polar surface area (TPSA) is 80.7 Å². The summed E-state index contributed by atoms with van der Waals surface area (Å²) in [5, 5.41) is 15.4. The van der Waals surface area contributed by atoms with Crippen molar-refractivity contribution in [1.29, 1.82) is 0 Å². The number of hydrogen-bond donors (Lipinski definition) is 2. The van der Waals surface area contributed by atoms with Crippen LogP contribution in [0.4, 0.5) is 4.39 Å². The standard InChI is InChI=1S/C19H19FN6O/c1-21-7-11-4-14(20)18(17(5-11)27-3)15-6-13-16(9-22-15)24-25-19(13)12-8-23-26(2)10-12/h4-6,8-10,21H,7H2,1-3H3,(H,24,25). The van der Waals surface area contributed by atoms with Crippen molar-refractivity contribution in [2.75, 3.05) is 14.2 Å². The van der Waals surface area contributed by atoms with E-state index in [1.165, 1.54) is 13.2 Å². The van der Waals surface area contributed by atoms with Gasteiger partial charge in [0.05, 0.1) is 36.3 Å². The number of methoxy groups -OCH3 is 1. The molecule has 138 valence electrons. The quantitative estimate of drug-likeness (QED) is 0.568. The minimum absolute atomic E-state index is 0.331. The lowest BCUT2D eigenvalue weighted by Crippen LogP contribution is -2.06. The Bertz CT molecular complexity index is 1120. The van der Waals surface area contributed by atoms with Crippen LogP contribution in [0.2, 0.25) is 0 Å². The van der Waals surface area contributed by atoms with Gasteiger partial charge in [0.25, 0.3) is 0 Å². The Labute approximate surface area is 155 Å². The molecule has 4 aromatic rings. The molecule has 0 radical (unpaired) electrons. The van der Waals surface area contributed by atoms with Crippen molar-refractivity contribution >= 4 is 10.9 Å². The molecule has 4 rings (SSSR count). The summed E-state index contributed by atoms with van der Waals surface area (Å²) in [5.41, 5.74) is 4.00. The fourth-order valence-corrected chi connectivity index (χ4v) is 3.17. The molecule has 1 aromatic carbocycles. The molecule has 7 nitrogen and oxygen atoms in total. The maximum absolute atomic E-state index is 14.9. The Hall–Kier alpha value is -3.26. The van der Waals surface area contributed by atoms with E-state index in [9.17, 15) is 4.39 Å². The van der Waals surface area contributed by atoms with Gasteiger partial charge < -0.3 is 10.1 Å². The van der Waals surface area contributed by atoms with Crippen molar-refractivity contribution in [1.82, 2.24) is 30.3 Å². The lowest BCUT2D eigenvalue weighted by molar-refractivity contribution is 0.412. The first-order valence-electron chi connectivity index (χ1n) is 8.45. The van der Waals surface area contributed by atoms with E-state index < -0.39 is 0 Å². The lowest BCUT2D eigenvalue weighted by Gasteiger charge is -2.12. The number of aryl methyl sites for hydroxylation is 1. The van der Waals surface area contributed by atoms with Crippen molar-refractivity contribution in [3.05, 3.63) is 48.2 Å². The van der Waals surface area contributed by atoms with E-state index in [0.29, 0.717) is 23.6 Å². The Morgan fingerprint density at radius 2 is 2.11 bits per heavy atom. The summed E-state index contributed by atoms with van der Waals surface area (Å²) >= 11 is 0. The fourth-order valence-electron chi connectivity index (χ4n) is 3.17. The molecule has 0 amide bonds. The summed E-state index contributed by atoms with van der Waals surface area (Å²) in [6.45, 7) is 0.549. The molecule has 0 aliphatic rings. The first-order valence-corrected chi connectivity index (χ1v) is 8.45. The van der Waals surface area contributed by atoms with Gasteiger partial charge in [0.1, 0.15) is 17.3 Å². The van der Waals surface area contributed by atoms with Crippen molar-refractivity contribution in [3.8, 4) is 28.3 Å². The second-order valence-corrected chi connectivity index (χ2v) is 6.28. The summed E-state index contributed by atoms with van der Waals surface area (Å²) < 4.78 is 22.0. The lowest BCUT2D eigenvalue weighted by atomic mass is 10.0. The molecule has 0 saturated heterocycles. The Morgan fingerprint density at radius 3 is 2.81 bits per heavy atom. The van der Waals surface area contributed by atoms with Gasteiger partial charge in [-0.25, -0.2) is 4.39 Å². The molecule has 0 saturated carbocycles. The number of benzene rings is 1. The highest BCUT2D eigenvalue weighted by Gasteiger charge is 2.18. The molecule has 0 aliphatic heterocycles.